The van der Waals surface area contributed by atoms with E-state index in [1.165, 1.54) is 37.7 Å². The zero-order valence-electron chi connectivity index (χ0n) is 13.5. The Labute approximate surface area is 137 Å². The van der Waals surface area contributed by atoms with Gasteiger partial charge in [0.1, 0.15) is 5.75 Å². The summed E-state index contributed by atoms with van der Waals surface area (Å²) in [6.45, 7) is 5.58. The molecule has 0 saturated heterocycles. The fourth-order valence-corrected chi connectivity index (χ4v) is 3.84. The molecule has 1 aromatic carbocycles. The van der Waals surface area contributed by atoms with E-state index < -0.39 is 0 Å². The van der Waals surface area contributed by atoms with Gasteiger partial charge in [-0.1, -0.05) is 49.0 Å². The third-order valence-corrected chi connectivity index (χ3v) is 5.10. The lowest BCUT2D eigenvalue weighted by atomic mass is 9.70. The zero-order chi connectivity index (χ0) is 15.3. The van der Waals surface area contributed by atoms with Gasteiger partial charge in [-0.15, -0.1) is 0 Å². The average molecular weight is 354 g/mol. The summed E-state index contributed by atoms with van der Waals surface area (Å²) in [5, 5.41) is 3.68. The highest BCUT2D eigenvalue weighted by Crippen LogP contribution is 2.41. The molecule has 0 bridgehead atoms. The van der Waals surface area contributed by atoms with Crippen molar-refractivity contribution in [1.82, 2.24) is 5.32 Å². The Hall–Kier alpha value is -0.540. The minimum absolute atomic E-state index is 0.386. The smallest absolute Gasteiger partial charge is 0.122 e. The van der Waals surface area contributed by atoms with Crippen LogP contribution in [0.2, 0.25) is 0 Å². The van der Waals surface area contributed by atoms with E-state index in [4.69, 9.17) is 4.74 Å². The molecule has 0 unspecified atom stereocenters. The quantitative estimate of drug-likeness (QED) is 0.781. The Bertz CT molecular complexity index is 453. The van der Waals surface area contributed by atoms with Crippen molar-refractivity contribution >= 4 is 15.9 Å². The first-order valence-corrected chi connectivity index (χ1v) is 8.90. The molecule has 0 heterocycles. The van der Waals surface area contributed by atoms with E-state index in [2.05, 4.69) is 53.3 Å². The van der Waals surface area contributed by atoms with Crippen molar-refractivity contribution in [2.75, 3.05) is 13.7 Å². The Morgan fingerprint density at radius 2 is 1.95 bits per heavy atom. The third-order valence-electron chi connectivity index (χ3n) is 4.61. The number of methoxy groups -OCH3 is 1. The van der Waals surface area contributed by atoms with Crippen LogP contribution in [-0.2, 0) is 6.42 Å². The summed E-state index contributed by atoms with van der Waals surface area (Å²) >= 11 is 3.60. The molecular formula is C18H28BrNO. The van der Waals surface area contributed by atoms with Gasteiger partial charge in [0.15, 0.2) is 0 Å². The summed E-state index contributed by atoms with van der Waals surface area (Å²) in [4.78, 5) is 0. The Balaban J connectivity index is 2.19. The van der Waals surface area contributed by atoms with E-state index in [0.717, 1.165) is 23.2 Å². The zero-order valence-corrected chi connectivity index (χ0v) is 15.1. The molecule has 1 aliphatic rings. The normalized spacial score (nSPS) is 18.0. The summed E-state index contributed by atoms with van der Waals surface area (Å²) in [6, 6.07) is 6.91. The average Bonchev–Trinajstić information content (AvgIpc) is 2.46. The topological polar surface area (TPSA) is 21.3 Å². The monoisotopic (exact) mass is 353 g/mol. The largest absolute Gasteiger partial charge is 0.496 e. The van der Waals surface area contributed by atoms with Gasteiger partial charge in [-0.05, 0) is 48.4 Å². The van der Waals surface area contributed by atoms with Crippen LogP contribution >= 0.6 is 15.9 Å². The molecule has 1 aromatic rings. The van der Waals surface area contributed by atoms with Crippen LogP contribution < -0.4 is 10.1 Å². The first-order valence-electron chi connectivity index (χ1n) is 8.10. The lowest BCUT2D eigenvalue weighted by Crippen LogP contribution is -2.40. The molecule has 3 heteroatoms. The molecule has 1 N–H and O–H groups in total. The van der Waals surface area contributed by atoms with Crippen LogP contribution in [-0.4, -0.2) is 19.7 Å². The molecule has 0 radical (unpaired) electrons. The van der Waals surface area contributed by atoms with E-state index in [1.807, 2.05) is 0 Å². The maximum absolute atomic E-state index is 5.57. The van der Waals surface area contributed by atoms with Crippen molar-refractivity contribution in [3.63, 3.8) is 0 Å². The Morgan fingerprint density at radius 3 is 2.57 bits per heavy atom. The van der Waals surface area contributed by atoms with Gasteiger partial charge in [0.25, 0.3) is 0 Å². The lowest BCUT2D eigenvalue weighted by molar-refractivity contribution is 0.175. The van der Waals surface area contributed by atoms with Gasteiger partial charge in [-0.2, -0.15) is 0 Å². The van der Waals surface area contributed by atoms with Gasteiger partial charge >= 0.3 is 0 Å². The molecule has 1 fully saturated rings. The van der Waals surface area contributed by atoms with Crippen molar-refractivity contribution in [2.24, 2.45) is 5.41 Å². The maximum atomic E-state index is 5.57. The highest BCUT2D eigenvalue weighted by molar-refractivity contribution is 9.10. The first-order chi connectivity index (χ1) is 10.0. The fraction of sp³-hybridized carbons (Fsp3) is 0.667. The number of halogens is 1. The molecular weight excluding hydrogens is 326 g/mol. The van der Waals surface area contributed by atoms with E-state index in [9.17, 15) is 0 Å². The first kappa shape index (κ1) is 16.8. The van der Waals surface area contributed by atoms with E-state index in [0.29, 0.717) is 11.5 Å². The van der Waals surface area contributed by atoms with Crippen LogP contribution in [0.15, 0.2) is 22.7 Å². The van der Waals surface area contributed by atoms with Gasteiger partial charge < -0.3 is 10.1 Å². The Kier molecular flexibility index (Phi) is 6.12. The number of nitrogens with one attached hydrogen (secondary N) is 1. The molecule has 1 saturated carbocycles. The summed E-state index contributed by atoms with van der Waals surface area (Å²) in [5.41, 5.74) is 1.72. The molecule has 2 rings (SSSR count). The van der Waals surface area contributed by atoms with Crippen molar-refractivity contribution < 1.29 is 4.74 Å². The number of hydrogen-bond donors (Lipinski definition) is 1. The highest BCUT2D eigenvalue weighted by Gasteiger charge is 2.33. The van der Waals surface area contributed by atoms with Gasteiger partial charge in [0, 0.05) is 17.1 Å². The lowest BCUT2D eigenvalue weighted by Gasteiger charge is -2.39. The molecule has 0 atom stereocenters. The summed E-state index contributed by atoms with van der Waals surface area (Å²) in [7, 11) is 1.77. The number of hydrogen-bond acceptors (Lipinski definition) is 2. The van der Waals surface area contributed by atoms with Crippen molar-refractivity contribution in [3.8, 4) is 5.75 Å². The second-order valence-corrected chi connectivity index (χ2v) is 7.64. The summed E-state index contributed by atoms with van der Waals surface area (Å²) in [5.74, 6) is 1.02. The molecule has 0 aromatic heterocycles. The predicted molar refractivity (Wildman–Crippen MR) is 93.1 cm³/mol. The number of benzene rings is 1. The van der Waals surface area contributed by atoms with Gasteiger partial charge in [0.2, 0.25) is 0 Å². The molecule has 0 amide bonds. The standard InChI is InChI=1S/C18H28BrNO/c1-14(2)20-13-18(9-5-4-6-10-18)12-15-11-16(19)7-8-17(15)21-3/h7-8,11,14,20H,4-6,9-10,12-13H2,1-3H3. The second kappa shape index (κ2) is 7.64. The Morgan fingerprint density at radius 1 is 1.24 bits per heavy atom. The fourth-order valence-electron chi connectivity index (χ4n) is 3.43. The summed E-state index contributed by atoms with van der Waals surface area (Å²) in [6.07, 6.45) is 7.85. The molecule has 2 nitrogen and oxygen atoms in total. The summed E-state index contributed by atoms with van der Waals surface area (Å²) < 4.78 is 6.71. The van der Waals surface area contributed by atoms with Crippen molar-refractivity contribution in [1.29, 1.82) is 0 Å². The van der Waals surface area contributed by atoms with Crippen LogP contribution in [0.1, 0.15) is 51.5 Å². The molecule has 0 spiro atoms. The van der Waals surface area contributed by atoms with Crippen LogP contribution in [0.5, 0.6) is 5.75 Å². The van der Waals surface area contributed by atoms with Gasteiger partial charge in [0.05, 0.1) is 7.11 Å². The molecule has 1 aliphatic carbocycles. The minimum atomic E-state index is 0.386. The van der Waals surface area contributed by atoms with Crippen LogP contribution in [0.25, 0.3) is 0 Å². The minimum Gasteiger partial charge on any atom is -0.496 e. The molecule has 0 aliphatic heterocycles. The number of rotatable bonds is 6. The van der Waals surface area contributed by atoms with Crippen molar-refractivity contribution in [3.05, 3.63) is 28.2 Å². The van der Waals surface area contributed by atoms with Gasteiger partial charge in [-0.3, -0.25) is 0 Å². The third kappa shape index (κ3) is 4.72. The highest BCUT2D eigenvalue weighted by atomic mass is 79.9. The maximum Gasteiger partial charge on any atom is 0.122 e. The second-order valence-electron chi connectivity index (χ2n) is 6.73. The van der Waals surface area contributed by atoms with Crippen molar-refractivity contribution in [2.45, 2.75) is 58.4 Å². The van der Waals surface area contributed by atoms with E-state index >= 15 is 0 Å². The molecule has 118 valence electrons. The number of ether oxygens (including phenoxy) is 1. The van der Waals surface area contributed by atoms with E-state index in [1.54, 1.807) is 7.11 Å². The van der Waals surface area contributed by atoms with Crippen LogP contribution in [0.3, 0.4) is 0 Å². The van der Waals surface area contributed by atoms with Gasteiger partial charge in [-0.25, -0.2) is 0 Å². The molecule has 21 heavy (non-hydrogen) atoms. The SMILES string of the molecule is COc1ccc(Br)cc1CC1(CNC(C)C)CCCCC1. The van der Waals surface area contributed by atoms with Crippen LogP contribution in [0.4, 0.5) is 0 Å². The van der Waals surface area contributed by atoms with E-state index in [-0.39, 0.29) is 0 Å². The predicted octanol–water partition coefficient (Wildman–Crippen LogP) is 4.95. The van der Waals surface area contributed by atoms with Crippen LogP contribution in [0, 0.1) is 5.41 Å².